The Morgan fingerprint density at radius 1 is 1.21 bits per heavy atom. The average Bonchev–Trinajstić information content (AvgIpc) is 2.18. The molecule has 1 aromatic carbocycles. The summed E-state index contributed by atoms with van der Waals surface area (Å²) in [5, 5.41) is 10.6. The molecule has 1 unspecified atom stereocenters. The van der Waals surface area contributed by atoms with Crippen molar-refractivity contribution in [1.29, 1.82) is 0 Å². The van der Waals surface area contributed by atoms with Crippen molar-refractivity contribution in [3.05, 3.63) is 30.3 Å². The van der Waals surface area contributed by atoms with Crippen LogP contribution in [0.2, 0.25) is 19.1 Å². The van der Waals surface area contributed by atoms with Crippen molar-refractivity contribution in [2.75, 3.05) is 6.61 Å². The fraction of sp³-hybridized carbons (Fsp3) is 0.500. The van der Waals surface area contributed by atoms with Gasteiger partial charge in [0.2, 0.25) is 0 Å². The molecule has 2 heteroatoms. The molecular formula is C12H20OSi. The Hall–Kier alpha value is -0.603. The molecule has 0 spiro atoms. The molecule has 0 saturated carbocycles. The van der Waals surface area contributed by atoms with Crippen molar-refractivity contribution < 1.29 is 5.11 Å². The van der Waals surface area contributed by atoms with E-state index in [1.807, 2.05) is 0 Å². The minimum atomic E-state index is -1.32. The van der Waals surface area contributed by atoms with Crippen LogP contribution < -0.4 is 5.19 Å². The third-order valence-electron chi connectivity index (χ3n) is 2.73. The average molecular weight is 208 g/mol. The molecule has 1 nitrogen and oxygen atoms in total. The molecule has 1 N–H and O–H groups in total. The molecule has 14 heavy (non-hydrogen) atoms. The second-order valence-corrected chi connectivity index (χ2v) is 9.50. The third kappa shape index (κ3) is 2.96. The molecule has 0 aliphatic carbocycles. The van der Waals surface area contributed by atoms with Crippen LogP contribution in [0.1, 0.15) is 6.92 Å². The number of hydrogen-bond acceptors (Lipinski definition) is 1. The lowest BCUT2D eigenvalue weighted by atomic mass is 10.2. The van der Waals surface area contributed by atoms with Gasteiger partial charge in [0.1, 0.15) is 0 Å². The molecule has 0 heterocycles. The Morgan fingerprint density at radius 2 is 1.79 bits per heavy atom. The first-order valence-corrected chi connectivity index (χ1v) is 8.43. The van der Waals surface area contributed by atoms with E-state index in [-0.39, 0.29) is 0 Å². The van der Waals surface area contributed by atoms with E-state index in [4.69, 9.17) is 5.11 Å². The zero-order chi connectivity index (χ0) is 10.6. The van der Waals surface area contributed by atoms with E-state index < -0.39 is 8.07 Å². The van der Waals surface area contributed by atoms with Crippen molar-refractivity contribution in [2.24, 2.45) is 5.92 Å². The standard InChI is InChI=1S/C12H20OSi/c1-11(9-13)10-14(2,3)12-7-5-4-6-8-12/h4-8,11,13H,9-10H2,1-3H3. The van der Waals surface area contributed by atoms with Gasteiger partial charge < -0.3 is 5.11 Å². The van der Waals surface area contributed by atoms with Gasteiger partial charge in [0.05, 0.1) is 8.07 Å². The maximum atomic E-state index is 9.07. The quantitative estimate of drug-likeness (QED) is 0.752. The first kappa shape index (κ1) is 11.5. The van der Waals surface area contributed by atoms with Crippen LogP contribution in [0, 0.1) is 5.92 Å². The van der Waals surface area contributed by atoms with E-state index in [9.17, 15) is 0 Å². The molecule has 0 aromatic heterocycles. The van der Waals surface area contributed by atoms with Gasteiger partial charge in [-0.2, -0.15) is 0 Å². The fourth-order valence-corrected chi connectivity index (χ4v) is 5.14. The molecule has 78 valence electrons. The number of aliphatic hydroxyl groups is 1. The van der Waals surface area contributed by atoms with Gasteiger partial charge in [-0.05, 0) is 12.0 Å². The second-order valence-electron chi connectivity index (χ2n) is 4.74. The van der Waals surface area contributed by atoms with E-state index in [1.165, 1.54) is 5.19 Å². The monoisotopic (exact) mass is 208 g/mol. The molecule has 0 amide bonds. The predicted molar refractivity (Wildman–Crippen MR) is 64.6 cm³/mol. The van der Waals surface area contributed by atoms with Crippen LogP contribution >= 0.6 is 0 Å². The van der Waals surface area contributed by atoms with Crippen molar-refractivity contribution in [3.63, 3.8) is 0 Å². The van der Waals surface area contributed by atoms with Gasteiger partial charge in [-0.25, -0.2) is 0 Å². The Kier molecular flexibility index (Phi) is 3.90. The topological polar surface area (TPSA) is 20.2 Å². The van der Waals surface area contributed by atoms with Crippen LogP contribution in [0.3, 0.4) is 0 Å². The number of benzene rings is 1. The predicted octanol–water partition coefficient (Wildman–Crippen LogP) is 2.23. The van der Waals surface area contributed by atoms with Gasteiger partial charge >= 0.3 is 0 Å². The highest BCUT2D eigenvalue weighted by Gasteiger charge is 2.24. The molecule has 1 atom stereocenters. The van der Waals surface area contributed by atoms with Crippen LogP contribution in [0.15, 0.2) is 30.3 Å². The molecule has 0 bridgehead atoms. The highest BCUT2D eigenvalue weighted by molar-refractivity contribution is 6.89. The molecule has 0 aliphatic rings. The molecule has 0 saturated heterocycles. The summed E-state index contributed by atoms with van der Waals surface area (Å²) < 4.78 is 0. The maximum absolute atomic E-state index is 9.07. The van der Waals surface area contributed by atoms with Crippen molar-refractivity contribution in [2.45, 2.75) is 26.1 Å². The van der Waals surface area contributed by atoms with Gasteiger partial charge in [-0.3, -0.25) is 0 Å². The Morgan fingerprint density at radius 3 is 2.29 bits per heavy atom. The SMILES string of the molecule is CC(CO)C[Si](C)(C)c1ccccc1. The van der Waals surface area contributed by atoms with E-state index >= 15 is 0 Å². The lowest BCUT2D eigenvalue weighted by Crippen LogP contribution is -2.42. The third-order valence-corrected chi connectivity index (χ3v) is 6.34. The number of aliphatic hydroxyl groups excluding tert-OH is 1. The first-order valence-electron chi connectivity index (χ1n) is 5.22. The van der Waals surface area contributed by atoms with Crippen LogP contribution in [0.25, 0.3) is 0 Å². The summed E-state index contributed by atoms with van der Waals surface area (Å²) in [7, 11) is -1.32. The summed E-state index contributed by atoms with van der Waals surface area (Å²) in [4.78, 5) is 0. The minimum Gasteiger partial charge on any atom is -0.396 e. The largest absolute Gasteiger partial charge is 0.396 e. The summed E-state index contributed by atoms with van der Waals surface area (Å²) in [6.07, 6.45) is 0. The molecule has 0 radical (unpaired) electrons. The summed E-state index contributed by atoms with van der Waals surface area (Å²) in [6.45, 7) is 7.17. The van der Waals surface area contributed by atoms with Crippen molar-refractivity contribution in [3.8, 4) is 0 Å². The lowest BCUT2D eigenvalue weighted by Gasteiger charge is -2.25. The van der Waals surface area contributed by atoms with Gasteiger partial charge in [0.25, 0.3) is 0 Å². The zero-order valence-corrected chi connectivity index (χ0v) is 10.3. The van der Waals surface area contributed by atoms with Crippen molar-refractivity contribution >= 4 is 13.3 Å². The fourth-order valence-electron chi connectivity index (χ4n) is 1.94. The summed E-state index contributed by atoms with van der Waals surface area (Å²) in [6, 6.07) is 11.9. The van der Waals surface area contributed by atoms with E-state index in [1.54, 1.807) is 0 Å². The van der Waals surface area contributed by atoms with Crippen LogP contribution in [0.5, 0.6) is 0 Å². The normalized spacial score (nSPS) is 14.0. The molecule has 0 aliphatic heterocycles. The summed E-state index contributed by atoms with van der Waals surface area (Å²) >= 11 is 0. The van der Waals surface area contributed by atoms with Gasteiger partial charge in [0.15, 0.2) is 0 Å². The van der Waals surface area contributed by atoms with Crippen LogP contribution in [-0.4, -0.2) is 19.8 Å². The number of hydrogen-bond donors (Lipinski definition) is 1. The maximum Gasteiger partial charge on any atom is 0.0809 e. The molecular weight excluding hydrogens is 188 g/mol. The Labute approximate surface area is 87.8 Å². The number of rotatable bonds is 4. The van der Waals surface area contributed by atoms with Crippen LogP contribution in [0.4, 0.5) is 0 Å². The Bertz CT molecular complexity index is 269. The first-order chi connectivity index (χ1) is 6.56. The summed E-state index contributed by atoms with van der Waals surface area (Å²) in [5.74, 6) is 0.428. The van der Waals surface area contributed by atoms with Gasteiger partial charge in [-0.1, -0.05) is 55.5 Å². The zero-order valence-electron chi connectivity index (χ0n) is 9.33. The molecule has 1 rings (SSSR count). The smallest absolute Gasteiger partial charge is 0.0809 e. The van der Waals surface area contributed by atoms with E-state index in [2.05, 4.69) is 50.3 Å². The minimum absolute atomic E-state index is 0.309. The van der Waals surface area contributed by atoms with Crippen LogP contribution in [-0.2, 0) is 0 Å². The second kappa shape index (κ2) is 4.76. The molecule has 1 aromatic rings. The lowest BCUT2D eigenvalue weighted by molar-refractivity contribution is 0.247. The van der Waals surface area contributed by atoms with Gasteiger partial charge in [-0.15, -0.1) is 0 Å². The highest BCUT2D eigenvalue weighted by Crippen LogP contribution is 2.16. The molecule has 0 fully saturated rings. The van der Waals surface area contributed by atoms with E-state index in [0.29, 0.717) is 12.5 Å². The summed E-state index contributed by atoms with van der Waals surface area (Å²) in [5.41, 5.74) is 0. The van der Waals surface area contributed by atoms with E-state index in [0.717, 1.165) is 6.04 Å². The Balaban J connectivity index is 2.75. The van der Waals surface area contributed by atoms with Crippen molar-refractivity contribution in [1.82, 2.24) is 0 Å². The van der Waals surface area contributed by atoms with Gasteiger partial charge in [0, 0.05) is 6.61 Å². The highest BCUT2D eigenvalue weighted by atomic mass is 28.3.